The quantitative estimate of drug-likeness (QED) is 0.790. The first kappa shape index (κ1) is 12.4. The number of ether oxygens (including phenoxy) is 2. The SMILES string of the molecule is Cc1ccc2c(c1)OC1OC1(/C=C/c1ccccc1)C2=O. The van der Waals surface area contributed by atoms with Gasteiger partial charge in [0.25, 0.3) is 0 Å². The van der Waals surface area contributed by atoms with Crippen LogP contribution in [0.15, 0.2) is 54.6 Å². The van der Waals surface area contributed by atoms with E-state index in [1.807, 2.05) is 61.5 Å². The van der Waals surface area contributed by atoms with Gasteiger partial charge in [0.2, 0.25) is 17.7 Å². The second-order valence-electron chi connectivity index (χ2n) is 5.43. The predicted molar refractivity (Wildman–Crippen MR) is 79.2 cm³/mol. The van der Waals surface area contributed by atoms with E-state index in [2.05, 4.69) is 0 Å². The molecular weight excluding hydrogens is 264 g/mol. The Labute approximate surface area is 122 Å². The van der Waals surface area contributed by atoms with Crippen molar-refractivity contribution in [1.82, 2.24) is 0 Å². The maximum Gasteiger partial charge on any atom is 0.242 e. The zero-order valence-corrected chi connectivity index (χ0v) is 11.6. The topological polar surface area (TPSA) is 38.8 Å². The Bertz CT molecular complexity index is 748. The monoisotopic (exact) mass is 278 g/mol. The minimum Gasteiger partial charge on any atom is -0.460 e. The molecule has 0 amide bonds. The summed E-state index contributed by atoms with van der Waals surface area (Å²) in [4.78, 5) is 12.7. The molecule has 0 saturated carbocycles. The highest BCUT2D eigenvalue weighted by atomic mass is 16.8. The predicted octanol–water partition coefficient (Wildman–Crippen LogP) is 3.38. The first-order valence-electron chi connectivity index (χ1n) is 6.93. The normalized spacial score (nSPS) is 26.1. The molecule has 2 unspecified atom stereocenters. The lowest BCUT2D eigenvalue weighted by Gasteiger charge is -2.17. The third-order valence-corrected chi connectivity index (χ3v) is 3.89. The van der Waals surface area contributed by atoms with Crippen molar-refractivity contribution in [3.63, 3.8) is 0 Å². The number of fused-ring (bicyclic) bond motifs is 2. The zero-order chi connectivity index (χ0) is 14.4. The van der Waals surface area contributed by atoms with Crippen LogP contribution in [0.1, 0.15) is 21.5 Å². The largest absolute Gasteiger partial charge is 0.460 e. The molecule has 1 saturated heterocycles. The molecule has 4 rings (SSSR count). The van der Waals surface area contributed by atoms with Crippen LogP contribution in [-0.4, -0.2) is 17.7 Å². The van der Waals surface area contributed by atoms with E-state index in [0.29, 0.717) is 11.3 Å². The van der Waals surface area contributed by atoms with Crippen LogP contribution in [0.3, 0.4) is 0 Å². The number of carbonyl (C=O) groups is 1. The lowest BCUT2D eigenvalue weighted by atomic mass is 9.92. The van der Waals surface area contributed by atoms with Gasteiger partial charge in [-0.25, -0.2) is 0 Å². The average molecular weight is 278 g/mol. The zero-order valence-electron chi connectivity index (χ0n) is 11.6. The van der Waals surface area contributed by atoms with E-state index in [0.717, 1.165) is 11.1 Å². The van der Waals surface area contributed by atoms with Crippen molar-refractivity contribution in [3.05, 3.63) is 71.3 Å². The second kappa shape index (κ2) is 4.30. The number of ketones is 1. The molecule has 0 N–H and O–H groups in total. The summed E-state index contributed by atoms with van der Waals surface area (Å²) in [7, 11) is 0. The molecular formula is C18H14O3. The molecule has 0 bridgehead atoms. The molecule has 3 nitrogen and oxygen atoms in total. The van der Waals surface area contributed by atoms with Gasteiger partial charge in [-0.05, 0) is 36.3 Å². The van der Waals surface area contributed by atoms with Gasteiger partial charge in [-0.1, -0.05) is 42.5 Å². The summed E-state index contributed by atoms with van der Waals surface area (Å²) in [6.45, 7) is 1.97. The van der Waals surface area contributed by atoms with E-state index in [9.17, 15) is 4.79 Å². The van der Waals surface area contributed by atoms with E-state index in [4.69, 9.17) is 9.47 Å². The fourth-order valence-corrected chi connectivity index (χ4v) is 2.63. The van der Waals surface area contributed by atoms with Crippen LogP contribution >= 0.6 is 0 Å². The molecule has 0 aromatic heterocycles. The number of aryl methyl sites for hydroxylation is 1. The van der Waals surface area contributed by atoms with Crippen LogP contribution in [-0.2, 0) is 4.74 Å². The molecule has 1 fully saturated rings. The summed E-state index contributed by atoms with van der Waals surface area (Å²) >= 11 is 0. The Balaban J connectivity index is 1.68. The highest BCUT2D eigenvalue weighted by molar-refractivity contribution is 6.09. The van der Waals surface area contributed by atoms with E-state index in [1.165, 1.54) is 0 Å². The fourth-order valence-electron chi connectivity index (χ4n) is 2.63. The summed E-state index contributed by atoms with van der Waals surface area (Å²) in [5.41, 5.74) is 1.74. The van der Waals surface area contributed by atoms with Gasteiger partial charge in [0.05, 0.1) is 5.56 Å². The van der Waals surface area contributed by atoms with Gasteiger partial charge in [0.15, 0.2) is 0 Å². The molecule has 2 heterocycles. The maximum atomic E-state index is 12.7. The average Bonchev–Trinajstić information content (AvgIpc) is 3.21. The first-order chi connectivity index (χ1) is 10.2. The van der Waals surface area contributed by atoms with Crippen molar-refractivity contribution in [2.45, 2.75) is 18.8 Å². The van der Waals surface area contributed by atoms with Crippen LogP contribution < -0.4 is 4.74 Å². The molecule has 2 aromatic carbocycles. The van der Waals surface area contributed by atoms with Gasteiger partial charge in [-0.3, -0.25) is 4.79 Å². The van der Waals surface area contributed by atoms with Gasteiger partial charge in [0, 0.05) is 0 Å². The Hall–Kier alpha value is -2.39. The molecule has 0 spiro atoms. The second-order valence-corrected chi connectivity index (χ2v) is 5.43. The molecule has 2 aliphatic heterocycles. The van der Waals surface area contributed by atoms with Gasteiger partial charge >= 0.3 is 0 Å². The van der Waals surface area contributed by atoms with Crippen molar-refractivity contribution in [1.29, 1.82) is 0 Å². The highest BCUT2D eigenvalue weighted by Gasteiger charge is 2.66. The molecule has 0 aliphatic carbocycles. The third kappa shape index (κ3) is 1.89. The van der Waals surface area contributed by atoms with Crippen molar-refractivity contribution < 1.29 is 14.3 Å². The van der Waals surface area contributed by atoms with Crippen molar-refractivity contribution >= 4 is 11.9 Å². The number of benzene rings is 2. The third-order valence-electron chi connectivity index (χ3n) is 3.89. The van der Waals surface area contributed by atoms with Gasteiger partial charge in [-0.15, -0.1) is 0 Å². The lowest BCUT2D eigenvalue weighted by molar-refractivity contribution is 0.0902. The summed E-state index contributed by atoms with van der Waals surface area (Å²) in [6, 6.07) is 15.4. The van der Waals surface area contributed by atoms with E-state index in [-0.39, 0.29) is 5.78 Å². The Kier molecular flexibility index (Phi) is 2.53. The van der Waals surface area contributed by atoms with Crippen molar-refractivity contribution in [2.24, 2.45) is 0 Å². The Morgan fingerprint density at radius 3 is 2.76 bits per heavy atom. The standard InChI is InChI=1S/C18H14O3/c1-12-7-8-14-15(11-12)20-17-18(21-17,16(14)19)10-9-13-5-3-2-4-6-13/h2-11,17H,1H3/b10-9+. The van der Waals surface area contributed by atoms with Gasteiger partial charge in [-0.2, -0.15) is 0 Å². The number of Topliss-reactive ketones (excluding diaryl/α,β-unsaturated/α-hetero) is 1. The van der Waals surface area contributed by atoms with Crippen molar-refractivity contribution in [2.75, 3.05) is 0 Å². The summed E-state index contributed by atoms with van der Waals surface area (Å²) in [5.74, 6) is 0.590. The van der Waals surface area contributed by atoms with Crippen LogP contribution in [0.4, 0.5) is 0 Å². The molecule has 0 radical (unpaired) electrons. The van der Waals surface area contributed by atoms with Crippen LogP contribution in [0.25, 0.3) is 6.08 Å². The number of hydrogen-bond donors (Lipinski definition) is 0. The number of carbonyl (C=O) groups excluding carboxylic acids is 1. The van der Waals surface area contributed by atoms with Crippen LogP contribution in [0.5, 0.6) is 5.75 Å². The van der Waals surface area contributed by atoms with Crippen LogP contribution in [0, 0.1) is 6.92 Å². The van der Waals surface area contributed by atoms with E-state index >= 15 is 0 Å². The fraction of sp³-hybridized carbons (Fsp3) is 0.167. The minimum absolute atomic E-state index is 0.0269. The van der Waals surface area contributed by atoms with Crippen molar-refractivity contribution in [3.8, 4) is 5.75 Å². The number of hydrogen-bond acceptors (Lipinski definition) is 3. The highest BCUT2D eigenvalue weighted by Crippen LogP contribution is 2.48. The van der Waals surface area contributed by atoms with E-state index in [1.54, 1.807) is 6.08 Å². The minimum atomic E-state index is -0.946. The Morgan fingerprint density at radius 2 is 1.95 bits per heavy atom. The summed E-state index contributed by atoms with van der Waals surface area (Å²) in [5, 5.41) is 0. The molecule has 3 heteroatoms. The van der Waals surface area contributed by atoms with Gasteiger partial charge in [0.1, 0.15) is 5.75 Å². The summed E-state index contributed by atoms with van der Waals surface area (Å²) in [6.07, 6.45) is 3.21. The molecule has 2 aromatic rings. The van der Waals surface area contributed by atoms with E-state index < -0.39 is 11.9 Å². The summed E-state index contributed by atoms with van der Waals surface area (Å²) < 4.78 is 11.3. The lowest BCUT2D eigenvalue weighted by Crippen LogP contribution is -2.32. The van der Waals surface area contributed by atoms with Gasteiger partial charge < -0.3 is 9.47 Å². The van der Waals surface area contributed by atoms with Crippen LogP contribution in [0.2, 0.25) is 0 Å². The molecule has 2 atom stereocenters. The molecule has 21 heavy (non-hydrogen) atoms. The first-order valence-corrected chi connectivity index (χ1v) is 6.93. The molecule has 2 aliphatic rings. The number of epoxide rings is 1. The number of rotatable bonds is 2. The Morgan fingerprint density at radius 1 is 1.14 bits per heavy atom. The smallest absolute Gasteiger partial charge is 0.242 e. The maximum absolute atomic E-state index is 12.7. The molecule has 104 valence electrons.